The molecule has 17 heavy (non-hydrogen) atoms. The van der Waals surface area contributed by atoms with Crippen LogP contribution in [0, 0.1) is 0 Å². The van der Waals surface area contributed by atoms with Gasteiger partial charge in [0.25, 0.3) is 0 Å². The Morgan fingerprint density at radius 3 is 2.35 bits per heavy atom. The van der Waals surface area contributed by atoms with Crippen LogP contribution in [0.2, 0.25) is 5.02 Å². The average molecular weight is 249 g/mol. The van der Waals surface area contributed by atoms with E-state index in [4.69, 9.17) is 21.4 Å². The van der Waals surface area contributed by atoms with Crippen LogP contribution in [0.25, 0.3) is 11.1 Å². The third kappa shape index (κ3) is 2.99. The summed E-state index contributed by atoms with van der Waals surface area (Å²) in [5.41, 5.74) is 2.05. The third-order valence-corrected chi connectivity index (χ3v) is 2.73. The zero-order valence-electron chi connectivity index (χ0n) is 9.27. The zero-order chi connectivity index (χ0) is 12.1. The largest absolute Gasteiger partial charge is 0.491 e. The summed E-state index contributed by atoms with van der Waals surface area (Å²) in [6.45, 7) is 0.331. The molecule has 0 heterocycles. The topological polar surface area (TPSA) is 29.5 Å². The number of benzene rings is 2. The van der Waals surface area contributed by atoms with Gasteiger partial charge < -0.3 is 9.84 Å². The van der Waals surface area contributed by atoms with E-state index in [0.717, 1.165) is 21.9 Å². The molecular weight excluding hydrogens is 236 g/mol. The van der Waals surface area contributed by atoms with Gasteiger partial charge >= 0.3 is 0 Å². The van der Waals surface area contributed by atoms with Gasteiger partial charge in [0.1, 0.15) is 12.4 Å². The van der Waals surface area contributed by atoms with Crippen molar-refractivity contribution in [1.29, 1.82) is 0 Å². The summed E-state index contributed by atoms with van der Waals surface area (Å²) in [6, 6.07) is 15.4. The van der Waals surface area contributed by atoms with Crippen LogP contribution >= 0.6 is 11.6 Å². The van der Waals surface area contributed by atoms with Crippen LogP contribution in [0.3, 0.4) is 0 Å². The Balaban J connectivity index is 2.21. The van der Waals surface area contributed by atoms with Crippen LogP contribution in [0.1, 0.15) is 0 Å². The van der Waals surface area contributed by atoms with Gasteiger partial charge in [-0.05, 0) is 23.8 Å². The Bertz CT molecular complexity index is 480. The second-order valence-corrected chi connectivity index (χ2v) is 3.98. The zero-order valence-corrected chi connectivity index (χ0v) is 10.0. The van der Waals surface area contributed by atoms with Crippen molar-refractivity contribution < 1.29 is 9.84 Å². The van der Waals surface area contributed by atoms with Gasteiger partial charge in [-0.1, -0.05) is 41.9 Å². The number of aliphatic hydroxyl groups is 1. The monoisotopic (exact) mass is 248 g/mol. The minimum Gasteiger partial charge on any atom is -0.491 e. The summed E-state index contributed by atoms with van der Waals surface area (Å²) in [4.78, 5) is 0. The molecule has 2 aromatic carbocycles. The molecule has 0 saturated heterocycles. The number of aliphatic hydroxyl groups excluding tert-OH is 1. The molecule has 2 aromatic rings. The van der Waals surface area contributed by atoms with Crippen molar-refractivity contribution in [2.24, 2.45) is 0 Å². The van der Waals surface area contributed by atoms with E-state index in [1.54, 1.807) is 0 Å². The Kier molecular flexibility index (Phi) is 4.02. The summed E-state index contributed by atoms with van der Waals surface area (Å²) in [5.74, 6) is 0.745. The van der Waals surface area contributed by atoms with Crippen molar-refractivity contribution in [1.82, 2.24) is 0 Å². The summed E-state index contributed by atoms with van der Waals surface area (Å²) in [5, 5.41) is 9.39. The fourth-order valence-corrected chi connectivity index (χ4v) is 1.83. The minimum atomic E-state index is 0.0201. The lowest BCUT2D eigenvalue weighted by molar-refractivity contribution is 0.201. The Labute approximate surface area is 105 Å². The highest BCUT2D eigenvalue weighted by Gasteiger charge is 2.02. The maximum atomic E-state index is 8.65. The quantitative estimate of drug-likeness (QED) is 0.899. The number of hydrogen-bond donors (Lipinski definition) is 1. The van der Waals surface area contributed by atoms with Crippen molar-refractivity contribution in [3.8, 4) is 16.9 Å². The first-order chi connectivity index (χ1) is 8.31. The molecule has 2 nitrogen and oxygen atoms in total. The number of rotatable bonds is 4. The Hall–Kier alpha value is -1.51. The molecule has 1 N–H and O–H groups in total. The van der Waals surface area contributed by atoms with Gasteiger partial charge in [0.05, 0.1) is 6.61 Å². The average Bonchev–Trinajstić information content (AvgIpc) is 2.38. The van der Waals surface area contributed by atoms with E-state index in [-0.39, 0.29) is 6.61 Å². The molecule has 0 aromatic heterocycles. The van der Waals surface area contributed by atoms with E-state index < -0.39 is 0 Å². The number of hydrogen-bond acceptors (Lipinski definition) is 2. The normalized spacial score (nSPS) is 10.2. The van der Waals surface area contributed by atoms with E-state index in [1.807, 2.05) is 48.5 Å². The van der Waals surface area contributed by atoms with Crippen molar-refractivity contribution in [2.45, 2.75) is 0 Å². The maximum absolute atomic E-state index is 8.65. The van der Waals surface area contributed by atoms with Crippen molar-refractivity contribution in [2.75, 3.05) is 13.2 Å². The predicted molar refractivity (Wildman–Crippen MR) is 69.5 cm³/mol. The van der Waals surface area contributed by atoms with Crippen molar-refractivity contribution in [3.05, 3.63) is 53.6 Å². The number of halogens is 1. The second-order valence-electron chi connectivity index (χ2n) is 3.58. The van der Waals surface area contributed by atoms with E-state index in [0.29, 0.717) is 6.61 Å². The molecule has 0 aliphatic rings. The molecule has 0 bridgehead atoms. The third-order valence-electron chi connectivity index (χ3n) is 2.40. The summed E-state index contributed by atoms with van der Waals surface area (Å²) in [6.07, 6.45) is 0. The van der Waals surface area contributed by atoms with Crippen molar-refractivity contribution >= 4 is 11.6 Å². The van der Waals surface area contributed by atoms with Crippen LogP contribution in [0.15, 0.2) is 48.5 Å². The van der Waals surface area contributed by atoms with Gasteiger partial charge in [-0.25, -0.2) is 0 Å². The van der Waals surface area contributed by atoms with Gasteiger partial charge in [0.2, 0.25) is 0 Å². The minimum absolute atomic E-state index is 0.0201. The Morgan fingerprint density at radius 1 is 1.00 bits per heavy atom. The fourth-order valence-electron chi connectivity index (χ4n) is 1.59. The molecule has 0 aliphatic heterocycles. The molecular formula is C14H13ClO2. The maximum Gasteiger partial charge on any atom is 0.119 e. The molecule has 3 heteroatoms. The lowest BCUT2D eigenvalue weighted by Crippen LogP contribution is -2.01. The molecule has 0 aliphatic carbocycles. The highest BCUT2D eigenvalue weighted by molar-refractivity contribution is 6.33. The highest BCUT2D eigenvalue weighted by Crippen LogP contribution is 2.28. The lowest BCUT2D eigenvalue weighted by atomic mass is 10.1. The molecule has 0 spiro atoms. The second kappa shape index (κ2) is 5.71. The summed E-state index contributed by atoms with van der Waals surface area (Å²) >= 11 is 6.12. The summed E-state index contributed by atoms with van der Waals surface area (Å²) < 4.78 is 5.29. The van der Waals surface area contributed by atoms with E-state index in [2.05, 4.69) is 0 Å². The lowest BCUT2D eigenvalue weighted by Gasteiger charge is -2.07. The number of ether oxygens (including phenoxy) is 1. The van der Waals surface area contributed by atoms with Gasteiger partial charge in [0.15, 0.2) is 0 Å². The van der Waals surface area contributed by atoms with Gasteiger partial charge in [0, 0.05) is 10.6 Å². The molecule has 0 radical (unpaired) electrons. The molecule has 0 unspecified atom stereocenters. The van der Waals surface area contributed by atoms with E-state index in [9.17, 15) is 0 Å². The van der Waals surface area contributed by atoms with Crippen LogP contribution in [-0.2, 0) is 0 Å². The Morgan fingerprint density at radius 2 is 1.71 bits per heavy atom. The standard InChI is InChI=1S/C14H13ClO2/c15-14-4-2-1-3-13(14)11-5-7-12(8-6-11)17-10-9-16/h1-8,16H,9-10H2. The van der Waals surface area contributed by atoms with E-state index in [1.165, 1.54) is 0 Å². The first-order valence-corrected chi connectivity index (χ1v) is 5.77. The predicted octanol–water partition coefficient (Wildman–Crippen LogP) is 3.38. The first-order valence-electron chi connectivity index (χ1n) is 5.40. The molecule has 0 saturated carbocycles. The van der Waals surface area contributed by atoms with Crippen LogP contribution in [0.5, 0.6) is 5.75 Å². The fraction of sp³-hybridized carbons (Fsp3) is 0.143. The van der Waals surface area contributed by atoms with Crippen LogP contribution < -0.4 is 4.74 Å². The SMILES string of the molecule is OCCOc1ccc(-c2ccccc2Cl)cc1. The van der Waals surface area contributed by atoms with Crippen LogP contribution in [0.4, 0.5) is 0 Å². The smallest absolute Gasteiger partial charge is 0.119 e. The molecule has 2 rings (SSSR count). The molecule has 0 amide bonds. The van der Waals surface area contributed by atoms with Gasteiger partial charge in [-0.3, -0.25) is 0 Å². The summed E-state index contributed by atoms with van der Waals surface area (Å²) in [7, 11) is 0. The molecule has 0 atom stereocenters. The van der Waals surface area contributed by atoms with Crippen molar-refractivity contribution in [3.63, 3.8) is 0 Å². The molecule has 88 valence electrons. The van der Waals surface area contributed by atoms with Gasteiger partial charge in [-0.2, -0.15) is 0 Å². The van der Waals surface area contributed by atoms with Gasteiger partial charge in [-0.15, -0.1) is 0 Å². The molecule has 0 fully saturated rings. The van der Waals surface area contributed by atoms with E-state index >= 15 is 0 Å². The first kappa shape index (κ1) is 12.0. The highest BCUT2D eigenvalue weighted by atomic mass is 35.5. The van der Waals surface area contributed by atoms with Crippen LogP contribution in [-0.4, -0.2) is 18.3 Å².